The maximum absolute atomic E-state index is 13.1. The van der Waals surface area contributed by atoms with Crippen LogP contribution in [0.5, 0.6) is 0 Å². The lowest BCUT2D eigenvalue weighted by atomic mass is 9.99. The van der Waals surface area contributed by atoms with Gasteiger partial charge in [0, 0.05) is 6.42 Å². The standard InChI is InChI=1S/C54H101NO11S/c1-3-5-7-9-11-13-15-17-19-21-23-24-26-28-30-32-34-36-38-40-42-44-50(58)55-47(46-64-54-52(60)53(66-67(61,62)63)51(59)49(45-56)65-54)48(57)43-41-39-37-35-33-31-29-27-25-22-20-18-16-14-12-10-8-6-4-2/h5,7,11,13,41,43,47-49,51-54,56-57,59-60H,3-4,6,8-10,12,14-40,42,44-46H2,1-2H3,(H,55,58)(H,61,62,63)/b7-5-,13-11-,43-41+. The number of unbranched alkanes of at least 4 members (excludes halogenated alkanes) is 31. The quantitative estimate of drug-likeness (QED) is 0.0193. The van der Waals surface area contributed by atoms with Crippen LogP contribution in [0.4, 0.5) is 0 Å². The highest BCUT2D eigenvalue weighted by Gasteiger charge is 2.48. The fourth-order valence-electron chi connectivity index (χ4n) is 8.73. The van der Waals surface area contributed by atoms with Gasteiger partial charge in [-0.25, -0.2) is 4.18 Å². The summed E-state index contributed by atoms with van der Waals surface area (Å²) in [5, 5.41) is 44.9. The minimum Gasteiger partial charge on any atom is -0.394 e. The molecule has 1 amide bonds. The van der Waals surface area contributed by atoms with Crippen LogP contribution in [0, 0.1) is 0 Å². The van der Waals surface area contributed by atoms with Gasteiger partial charge in [0.2, 0.25) is 5.91 Å². The number of rotatable bonds is 47. The van der Waals surface area contributed by atoms with E-state index < -0.39 is 59.9 Å². The maximum atomic E-state index is 13.1. The fraction of sp³-hybridized carbons (Fsp3) is 0.870. The third-order valence-electron chi connectivity index (χ3n) is 12.9. The normalized spacial score (nSPS) is 20.1. The molecule has 1 rings (SSSR count). The van der Waals surface area contributed by atoms with Gasteiger partial charge in [-0.1, -0.05) is 230 Å². The molecule has 6 N–H and O–H groups in total. The van der Waals surface area contributed by atoms with Gasteiger partial charge in [0.25, 0.3) is 0 Å². The van der Waals surface area contributed by atoms with E-state index in [2.05, 4.69) is 47.7 Å². The Kier molecular flexibility index (Phi) is 41.9. The molecule has 0 aromatic heterocycles. The van der Waals surface area contributed by atoms with Crippen molar-refractivity contribution in [2.24, 2.45) is 0 Å². The summed E-state index contributed by atoms with van der Waals surface area (Å²) in [6, 6.07) is -0.944. The third kappa shape index (κ3) is 36.9. The number of hydrogen-bond acceptors (Lipinski definition) is 10. The molecule has 0 spiro atoms. The van der Waals surface area contributed by atoms with Crippen LogP contribution in [0.1, 0.15) is 245 Å². The molecule has 0 radical (unpaired) electrons. The van der Waals surface area contributed by atoms with Crippen LogP contribution >= 0.6 is 0 Å². The molecule has 0 aliphatic carbocycles. The van der Waals surface area contributed by atoms with Gasteiger partial charge in [-0.15, -0.1) is 0 Å². The number of hydrogen-bond donors (Lipinski definition) is 6. The first-order valence-corrected chi connectivity index (χ1v) is 28.7. The van der Waals surface area contributed by atoms with Crippen molar-refractivity contribution < 1.29 is 51.8 Å². The first-order chi connectivity index (χ1) is 32.5. The molecular weight excluding hydrogens is 871 g/mol. The Bertz CT molecular complexity index is 1330. The molecule has 13 heteroatoms. The van der Waals surface area contributed by atoms with Gasteiger partial charge in [-0.05, 0) is 44.9 Å². The minimum atomic E-state index is -5.09. The molecule has 1 aliphatic rings. The van der Waals surface area contributed by atoms with Crippen LogP contribution in [0.15, 0.2) is 36.5 Å². The van der Waals surface area contributed by atoms with Crippen molar-refractivity contribution >= 4 is 16.3 Å². The van der Waals surface area contributed by atoms with E-state index in [1.165, 1.54) is 167 Å². The number of ether oxygens (including phenoxy) is 2. The highest BCUT2D eigenvalue weighted by Crippen LogP contribution is 2.26. The van der Waals surface area contributed by atoms with Crippen LogP contribution in [-0.2, 0) is 28.9 Å². The Morgan fingerprint density at radius 3 is 1.49 bits per heavy atom. The number of aliphatic hydroxyl groups excluding tert-OH is 4. The molecule has 67 heavy (non-hydrogen) atoms. The Morgan fingerprint density at radius 2 is 1.04 bits per heavy atom. The monoisotopic (exact) mass is 972 g/mol. The number of nitrogens with one attached hydrogen (secondary N) is 1. The van der Waals surface area contributed by atoms with Crippen molar-refractivity contribution in [1.29, 1.82) is 0 Å². The average Bonchev–Trinajstić information content (AvgIpc) is 3.30. The molecule has 0 saturated carbocycles. The predicted octanol–water partition coefficient (Wildman–Crippen LogP) is 12.2. The van der Waals surface area contributed by atoms with Gasteiger partial charge in [-0.3, -0.25) is 9.35 Å². The van der Waals surface area contributed by atoms with E-state index >= 15 is 0 Å². The molecule has 0 bridgehead atoms. The largest absolute Gasteiger partial charge is 0.397 e. The van der Waals surface area contributed by atoms with Crippen molar-refractivity contribution in [1.82, 2.24) is 5.32 Å². The SMILES string of the molecule is CC/C=C\C/C=C\CCCCCCCCCCCCCCCCC(=O)NC(COC1OC(CO)C(O)C(OS(=O)(=O)O)C1O)C(O)/C=C/CCCCCCCCCCCCCCCCCCC. The summed E-state index contributed by atoms with van der Waals surface area (Å²) in [6.45, 7) is 3.32. The van der Waals surface area contributed by atoms with Gasteiger partial charge in [0.1, 0.15) is 24.4 Å². The Hall–Kier alpha value is -1.68. The van der Waals surface area contributed by atoms with Crippen molar-refractivity contribution in [3.8, 4) is 0 Å². The summed E-state index contributed by atoms with van der Waals surface area (Å²) in [6.07, 6.45) is 46.1. The Morgan fingerprint density at radius 1 is 0.612 bits per heavy atom. The van der Waals surface area contributed by atoms with E-state index in [-0.39, 0.29) is 18.9 Å². The van der Waals surface area contributed by atoms with Gasteiger partial charge < -0.3 is 35.2 Å². The van der Waals surface area contributed by atoms with E-state index in [1.54, 1.807) is 6.08 Å². The van der Waals surface area contributed by atoms with E-state index in [9.17, 15) is 38.2 Å². The second kappa shape index (κ2) is 44.3. The van der Waals surface area contributed by atoms with E-state index in [1.807, 2.05) is 6.08 Å². The lowest BCUT2D eigenvalue weighted by molar-refractivity contribution is -0.298. The summed E-state index contributed by atoms with van der Waals surface area (Å²) in [5.41, 5.74) is 0. The zero-order valence-electron chi connectivity index (χ0n) is 42.5. The third-order valence-corrected chi connectivity index (χ3v) is 13.4. The second-order valence-electron chi connectivity index (χ2n) is 19.1. The topological polar surface area (TPSA) is 192 Å². The van der Waals surface area contributed by atoms with Crippen LogP contribution in [0.25, 0.3) is 0 Å². The van der Waals surface area contributed by atoms with E-state index in [4.69, 9.17) is 9.47 Å². The van der Waals surface area contributed by atoms with Crippen molar-refractivity contribution in [2.45, 2.75) is 288 Å². The lowest BCUT2D eigenvalue weighted by Crippen LogP contribution is -2.61. The summed E-state index contributed by atoms with van der Waals surface area (Å²) in [7, 11) is -5.09. The molecule has 0 aromatic rings. The Labute approximate surface area is 409 Å². The first kappa shape index (κ1) is 63.3. The molecule has 7 unspecified atom stereocenters. The summed E-state index contributed by atoms with van der Waals surface area (Å²) in [4.78, 5) is 13.1. The summed E-state index contributed by atoms with van der Waals surface area (Å²) < 4.78 is 47.8. The van der Waals surface area contributed by atoms with Gasteiger partial charge in [-0.2, -0.15) is 8.42 Å². The number of allylic oxidation sites excluding steroid dienone is 5. The Balaban J connectivity index is 2.41. The maximum Gasteiger partial charge on any atom is 0.397 e. The molecule has 1 aliphatic heterocycles. The van der Waals surface area contributed by atoms with Crippen LogP contribution in [-0.4, -0.2) is 95.4 Å². The van der Waals surface area contributed by atoms with Crippen LogP contribution in [0.3, 0.4) is 0 Å². The molecule has 7 atom stereocenters. The van der Waals surface area contributed by atoms with Crippen molar-refractivity contribution in [3.63, 3.8) is 0 Å². The molecule has 394 valence electrons. The molecule has 0 aromatic carbocycles. The lowest BCUT2D eigenvalue weighted by Gasteiger charge is -2.41. The zero-order valence-corrected chi connectivity index (χ0v) is 43.3. The van der Waals surface area contributed by atoms with Gasteiger partial charge >= 0.3 is 10.4 Å². The molecular formula is C54H101NO11S. The van der Waals surface area contributed by atoms with Crippen molar-refractivity contribution in [2.75, 3.05) is 13.2 Å². The van der Waals surface area contributed by atoms with E-state index in [0.29, 0.717) is 6.42 Å². The first-order valence-electron chi connectivity index (χ1n) is 27.4. The second-order valence-corrected chi connectivity index (χ2v) is 20.2. The summed E-state index contributed by atoms with van der Waals surface area (Å²) >= 11 is 0. The van der Waals surface area contributed by atoms with E-state index in [0.717, 1.165) is 51.4 Å². The molecule has 1 fully saturated rings. The van der Waals surface area contributed by atoms with Gasteiger partial charge in [0.05, 0.1) is 25.4 Å². The highest BCUT2D eigenvalue weighted by molar-refractivity contribution is 7.80. The van der Waals surface area contributed by atoms with Crippen LogP contribution < -0.4 is 5.32 Å². The zero-order chi connectivity index (χ0) is 49.1. The molecule has 1 heterocycles. The highest BCUT2D eigenvalue weighted by atomic mass is 32.3. The van der Waals surface area contributed by atoms with Crippen LogP contribution in [0.2, 0.25) is 0 Å². The smallest absolute Gasteiger partial charge is 0.394 e. The summed E-state index contributed by atoms with van der Waals surface area (Å²) in [5.74, 6) is -0.261. The number of aliphatic hydroxyl groups is 4. The van der Waals surface area contributed by atoms with Crippen molar-refractivity contribution in [3.05, 3.63) is 36.5 Å². The van der Waals surface area contributed by atoms with Gasteiger partial charge in [0.15, 0.2) is 6.29 Å². The number of amides is 1. The minimum absolute atomic E-state index is 0.261. The predicted molar refractivity (Wildman–Crippen MR) is 273 cm³/mol. The number of carbonyl (C=O) groups is 1. The number of carbonyl (C=O) groups excluding carboxylic acids is 1. The average molecular weight is 972 g/mol. The fourth-order valence-corrected chi connectivity index (χ4v) is 9.24. The molecule has 12 nitrogen and oxygen atoms in total. The molecule has 1 saturated heterocycles.